The third-order valence-corrected chi connectivity index (χ3v) is 3.34. The highest BCUT2D eigenvalue weighted by Gasteiger charge is 2.19. The van der Waals surface area contributed by atoms with Gasteiger partial charge in [0.1, 0.15) is 17.3 Å². The van der Waals surface area contributed by atoms with Gasteiger partial charge in [-0.3, -0.25) is 14.6 Å². The molecule has 1 atom stereocenters. The molecule has 0 bridgehead atoms. The van der Waals surface area contributed by atoms with Crippen molar-refractivity contribution in [3.05, 3.63) is 36.5 Å². The van der Waals surface area contributed by atoms with Gasteiger partial charge in [-0.05, 0) is 24.5 Å². The van der Waals surface area contributed by atoms with E-state index in [4.69, 9.17) is 10.5 Å². The molecule has 1 heterocycles. The van der Waals surface area contributed by atoms with E-state index in [2.05, 4.69) is 10.3 Å². The maximum atomic E-state index is 12.0. The average molecular weight is 315 g/mol. The number of hydrogen-bond donors (Lipinski definition) is 2. The Morgan fingerprint density at radius 3 is 2.70 bits per heavy atom. The molecule has 0 aliphatic heterocycles. The molecular weight excluding hydrogens is 294 g/mol. The van der Waals surface area contributed by atoms with E-state index in [0.29, 0.717) is 17.7 Å². The van der Waals surface area contributed by atoms with Gasteiger partial charge >= 0.3 is 0 Å². The summed E-state index contributed by atoms with van der Waals surface area (Å²) in [6.07, 6.45) is 2.16. The molecule has 122 valence electrons. The molecule has 0 spiro atoms. The zero-order chi connectivity index (χ0) is 16.8. The Balaban J connectivity index is 1.99. The number of benzene rings is 1. The van der Waals surface area contributed by atoms with Gasteiger partial charge < -0.3 is 15.8 Å². The molecule has 0 aliphatic rings. The molecule has 0 radical (unpaired) electrons. The monoisotopic (exact) mass is 315 g/mol. The lowest BCUT2D eigenvalue weighted by atomic mass is 10.0. The van der Waals surface area contributed by atoms with E-state index < -0.39 is 11.9 Å². The number of primary amides is 1. The number of para-hydroxylation sites is 1. The number of amides is 2. The van der Waals surface area contributed by atoms with Gasteiger partial charge in [-0.15, -0.1) is 0 Å². The summed E-state index contributed by atoms with van der Waals surface area (Å²) in [5.74, 6) is -0.157. The number of rotatable bonds is 7. The molecule has 6 nitrogen and oxygen atoms in total. The molecule has 0 saturated carbocycles. The summed E-state index contributed by atoms with van der Waals surface area (Å²) in [6.45, 7) is 3.72. The van der Waals surface area contributed by atoms with Crippen LogP contribution in [0.5, 0.6) is 5.75 Å². The van der Waals surface area contributed by atoms with Crippen LogP contribution in [-0.2, 0) is 9.59 Å². The molecular formula is C17H21N3O3. The van der Waals surface area contributed by atoms with Gasteiger partial charge in [0.05, 0.1) is 0 Å². The van der Waals surface area contributed by atoms with Crippen molar-refractivity contribution in [3.63, 3.8) is 0 Å². The Kier molecular flexibility index (Phi) is 5.51. The first-order valence-electron chi connectivity index (χ1n) is 7.52. The van der Waals surface area contributed by atoms with Gasteiger partial charge in [0, 0.05) is 11.6 Å². The second kappa shape index (κ2) is 7.58. The molecule has 2 amide bonds. The first kappa shape index (κ1) is 16.7. The molecule has 0 fully saturated rings. The summed E-state index contributed by atoms with van der Waals surface area (Å²) in [7, 11) is 0. The van der Waals surface area contributed by atoms with Crippen LogP contribution in [0.15, 0.2) is 36.5 Å². The second-order valence-electron chi connectivity index (χ2n) is 5.77. The van der Waals surface area contributed by atoms with Gasteiger partial charge in [-0.25, -0.2) is 0 Å². The third-order valence-electron chi connectivity index (χ3n) is 3.34. The topological polar surface area (TPSA) is 94.3 Å². The minimum absolute atomic E-state index is 0.197. The van der Waals surface area contributed by atoms with Crippen molar-refractivity contribution in [1.29, 1.82) is 0 Å². The average Bonchev–Trinajstić information content (AvgIpc) is 2.51. The molecule has 2 aromatic rings. The number of ether oxygens (including phenoxy) is 1. The van der Waals surface area contributed by atoms with Gasteiger partial charge in [-0.2, -0.15) is 0 Å². The Hall–Kier alpha value is -2.63. The Morgan fingerprint density at radius 1 is 1.26 bits per heavy atom. The number of hydrogen-bond acceptors (Lipinski definition) is 4. The van der Waals surface area contributed by atoms with E-state index in [9.17, 15) is 9.59 Å². The van der Waals surface area contributed by atoms with E-state index in [0.717, 1.165) is 5.39 Å². The van der Waals surface area contributed by atoms with Gasteiger partial charge in [0.25, 0.3) is 5.91 Å². The van der Waals surface area contributed by atoms with Crippen molar-refractivity contribution in [2.45, 2.75) is 26.3 Å². The van der Waals surface area contributed by atoms with Crippen LogP contribution in [0.25, 0.3) is 10.9 Å². The highest BCUT2D eigenvalue weighted by atomic mass is 16.5. The zero-order valence-electron chi connectivity index (χ0n) is 13.3. The lowest BCUT2D eigenvalue weighted by Crippen LogP contribution is -2.46. The maximum Gasteiger partial charge on any atom is 0.258 e. The lowest BCUT2D eigenvalue weighted by Gasteiger charge is -2.17. The summed E-state index contributed by atoms with van der Waals surface area (Å²) in [5.41, 5.74) is 6.00. The molecule has 1 unspecified atom stereocenters. The number of carbonyl (C=O) groups is 2. The van der Waals surface area contributed by atoms with E-state index in [1.165, 1.54) is 0 Å². The fourth-order valence-corrected chi connectivity index (χ4v) is 2.29. The molecule has 3 N–H and O–H groups in total. The number of aromatic nitrogens is 1. The van der Waals surface area contributed by atoms with Gasteiger partial charge in [0.2, 0.25) is 5.91 Å². The molecule has 0 saturated heterocycles. The molecule has 1 aromatic heterocycles. The summed E-state index contributed by atoms with van der Waals surface area (Å²) in [4.78, 5) is 27.6. The predicted molar refractivity (Wildman–Crippen MR) is 87.8 cm³/mol. The van der Waals surface area contributed by atoms with Crippen LogP contribution < -0.4 is 15.8 Å². The minimum Gasteiger partial charge on any atom is -0.481 e. The Labute approximate surface area is 135 Å². The number of fused-ring (bicyclic) bond motifs is 1. The van der Waals surface area contributed by atoms with E-state index in [1.54, 1.807) is 12.3 Å². The summed E-state index contributed by atoms with van der Waals surface area (Å²) < 4.78 is 5.54. The first-order chi connectivity index (χ1) is 11.0. The van der Waals surface area contributed by atoms with E-state index in [1.807, 2.05) is 38.1 Å². The SMILES string of the molecule is CC(C)CC(NC(=O)COc1cccc2cccnc12)C(N)=O. The maximum absolute atomic E-state index is 12.0. The Bertz CT molecular complexity index is 695. The molecule has 2 rings (SSSR count). The predicted octanol–water partition coefficient (Wildman–Crippen LogP) is 1.63. The van der Waals surface area contributed by atoms with Gasteiger partial charge in [-0.1, -0.05) is 32.0 Å². The molecule has 0 aliphatic carbocycles. The minimum atomic E-state index is -0.684. The van der Waals surface area contributed by atoms with Crippen molar-refractivity contribution >= 4 is 22.7 Å². The number of nitrogens with zero attached hydrogens (tertiary/aromatic N) is 1. The van der Waals surface area contributed by atoms with Crippen LogP contribution in [0, 0.1) is 5.92 Å². The first-order valence-corrected chi connectivity index (χ1v) is 7.52. The fourth-order valence-electron chi connectivity index (χ4n) is 2.29. The largest absolute Gasteiger partial charge is 0.481 e. The van der Waals surface area contributed by atoms with Gasteiger partial charge in [0.15, 0.2) is 6.61 Å². The lowest BCUT2D eigenvalue weighted by molar-refractivity contribution is -0.128. The quantitative estimate of drug-likeness (QED) is 0.812. The van der Waals surface area contributed by atoms with Crippen LogP contribution >= 0.6 is 0 Å². The zero-order valence-corrected chi connectivity index (χ0v) is 13.3. The molecule has 6 heteroatoms. The highest BCUT2D eigenvalue weighted by Crippen LogP contribution is 2.22. The van der Waals surface area contributed by atoms with E-state index >= 15 is 0 Å². The number of nitrogens with one attached hydrogen (secondary N) is 1. The third kappa shape index (κ3) is 4.67. The van der Waals surface area contributed by atoms with E-state index in [-0.39, 0.29) is 18.4 Å². The van der Waals surface area contributed by atoms with Crippen molar-refractivity contribution in [2.75, 3.05) is 6.61 Å². The van der Waals surface area contributed by atoms with Crippen molar-refractivity contribution < 1.29 is 14.3 Å². The van der Waals surface area contributed by atoms with Crippen LogP contribution in [0.3, 0.4) is 0 Å². The summed E-state index contributed by atoms with van der Waals surface area (Å²) >= 11 is 0. The molecule has 1 aromatic carbocycles. The number of pyridine rings is 1. The smallest absolute Gasteiger partial charge is 0.258 e. The summed E-state index contributed by atoms with van der Waals surface area (Å²) in [6, 6.07) is 8.58. The van der Waals surface area contributed by atoms with Crippen molar-refractivity contribution in [2.24, 2.45) is 11.7 Å². The van der Waals surface area contributed by atoms with Crippen LogP contribution in [0.1, 0.15) is 20.3 Å². The standard InChI is InChI=1S/C17H21N3O3/c1-11(2)9-13(17(18)22)20-15(21)10-23-14-7-3-5-12-6-4-8-19-16(12)14/h3-8,11,13H,9-10H2,1-2H3,(H2,18,22)(H,20,21). The van der Waals surface area contributed by atoms with Crippen LogP contribution in [0.2, 0.25) is 0 Å². The second-order valence-corrected chi connectivity index (χ2v) is 5.77. The highest BCUT2D eigenvalue weighted by molar-refractivity contribution is 5.88. The number of nitrogens with two attached hydrogens (primary N) is 1. The fraction of sp³-hybridized carbons (Fsp3) is 0.353. The normalized spacial score (nSPS) is 12.1. The van der Waals surface area contributed by atoms with Crippen molar-refractivity contribution in [1.82, 2.24) is 10.3 Å². The number of carbonyl (C=O) groups excluding carboxylic acids is 2. The summed E-state index contributed by atoms with van der Waals surface area (Å²) in [5, 5.41) is 3.54. The van der Waals surface area contributed by atoms with Crippen LogP contribution in [-0.4, -0.2) is 29.4 Å². The van der Waals surface area contributed by atoms with Crippen molar-refractivity contribution in [3.8, 4) is 5.75 Å². The Morgan fingerprint density at radius 2 is 2.00 bits per heavy atom. The molecule has 23 heavy (non-hydrogen) atoms. The van der Waals surface area contributed by atoms with Crippen LogP contribution in [0.4, 0.5) is 0 Å².